The van der Waals surface area contributed by atoms with Crippen LogP contribution in [0.15, 0.2) is 15.2 Å². The number of oxazole rings is 1. The van der Waals surface area contributed by atoms with Crippen molar-refractivity contribution < 1.29 is 18.8 Å². The molecule has 0 spiro atoms. The lowest BCUT2D eigenvalue weighted by Crippen LogP contribution is -2.30. The molecule has 33 heavy (non-hydrogen) atoms. The molecule has 13 heteroatoms. The highest BCUT2D eigenvalue weighted by Crippen LogP contribution is 2.25. The molecule has 0 aliphatic carbocycles. The van der Waals surface area contributed by atoms with Crippen molar-refractivity contribution in [2.24, 2.45) is 0 Å². The summed E-state index contributed by atoms with van der Waals surface area (Å²) in [4.78, 5) is 51.3. The van der Waals surface area contributed by atoms with E-state index in [1.807, 2.05) is 6.26 Å². The van der Waals surface area contributed by atoms with Crippen molar-refractivity contribution in [3.8, 4) is 0 Å². The molecule has 6 bridgehead atoms. The zero-order chi connectivity index (χ0) is 23.5. The molecule has 0 saturated heterocycles. The van der Waals surface area contributed by atoms with E-state index in [0.717, 1.165) is 5.75 Å². The van der Waals surface area contributed by atoms with Crippen LogP contribution in [0.4, 0.5) is 0 Å². The van der Waals surface area contributed by atoms with Crippen LogP contribution >= 0.6 is 34.4 Å². The number of aryl methyl sites for hydroxylation is 1. The third kappa shape index (κ3) is 5.25. The van der Waals surface area contributed by atoms with E-state index in [1.165, 1.54) is 22.7 Å². The Labute approximate surface area is 202 Å². The quantitative estimate of drug-likeness (QED) is 0.493. The van der Waals surface area contributed by atoms with Crippen molar-refractivity contribution in [3.63, 3.8) is 0 Å². The lowest BCUT2D eigenvalue weighted by molar-refractivity contribution is 0.0926. The first kappa shape index (κ1) is 23.4. The Morgan fingerprint density at radius 1 is 1.06 bits per heavy atom. The van der Waals surface area contributed by atoms with Gasteiger partial charge in [-0.2, -0.15) is 11.8 Å². The maximum Gasteiger partial charge on any atom is 0.273 e. The minimum absolute atomic E-state index is 0.134. The maximum absolute atomic E-state index is 12.8. The molecule has 3 aromatic heterocycles. The number of hydrogen-bond donors (Lipinski definition) is 3. The Balaban J connectivity index is 1.68. The number of nitrogens with zero attached hydrogens (tertiary/aromatic N) is 3. The molecule has 3 amide bonds. The number of hydrogen-bond acceptors (Lipinski definition) is 10. The van der Waals surface area contributed by atoms with Crippen LogP contribution in [0, 0.1) is 6.92 Å². The molecule has 3 N–H and O–H groups in total. The fourth-order valence-electron chi connectivity index (χ4n) is 3.16. The molecule has 174 valence electrons. The predicted octanol–water partition coefficient (Wildman–Crippen LogP) is 2.85. The number of thioether (sulfide) groups is 1. The smallest absolute Gasteiger partial charge is 0.273 e. The van der Waals surface area contributed by atoms with Gasteiger partial charge in [-0.05, 0) is 32.3 Å². The Morgan fingerprint density at radius 3 is 2.58 bits per heavy atom. The molecule has 0 radical (unpaired) electrons. The summed E-state index contributed by atoms with van der Waals surface area (Å²) in [5, 5.41) is 13.1. The second-order valence-corrected chi connectivity index (χ2v) is 10.2. The second kappa shape index (κ2) is 10.0. The first-order valence-corrected chi connectivity index (χ1v) is 13.3. The van der Waals surface area contributed by atoms with Gasteiger partial charge in [0.1, 0.15) is 33.2 Å². The van der Waals surface area contributed by atoms with E-state index in [-0.39, 0.29) is 41.5 Å². The summed E-state index contributed by atoms with van der Waals surface area (Å²) in [7, 11) is 0. The highest BCUT2D eigenvalue weighted by atomic mass is 32.2. The number of fused-ring (bicyclic) bond motifs is 6. The number of carbonyl (C=O) groups excluding carboxylic acids is 3. The van der Waals surface area contributed by atoms with Crippen LogP contribution in [-0.4, -0.2) is 44.7 Å². The van der Waals surface area contributed by atoms with Crippen LogP contribution in [0.3, 0.4) is 0 Å². The highest BCUT2D eigenvalue weighted by molar-refractivity contribution is 7.98. The van der Waals surface area contributed by atoms with Gasteiger partial charge in [0.25, 0.3) is 17.7 Å². The van der Waals surface area contributed by atoms with Crippen LogP contribution < -0.4 is 16.0 Å². The van der Waals surface area contributed by atoms with E-state index in [9.17, 15) is 14.4 Å². The molecule has 0 aromatic carbocycles. The Hall–Kier alpha value is -2.77. The molecule has 0 unspecified atom stereocenters. The minimum Gasteiger partial charge on any atom is -0.443 e. The van der Waals surface area contributed by atoms with Gasteiger partial charge in [-0.25, -0.2) is 15.0 Å². The minimum atomic E-state index is -0.574. The fraction of sp³-hybridized carbons (Fsp3) is 0.400. The molecular weight excluding hydrogens is 484 g/mol. The first-order chi connectivity index (χ1) is 15.9. The van der Waals surface area contributed by atoms with E-state index in [0.29, 0.717) is 22.2 Å². The fourth-order valence-corrected chi connectivity index (χ4v) is 5.23. The predicted molar refractivity (Wildman–Crippen MR) is 126 cm³/mol. The number of aromatic nitrogens is 3. The van der Waals surface area contributed by atoms with Crippen LogP contribution in [0.25, 0.3) is 0 Å². The molecule has 1 aliphatic heterocycles. The lowest BCUT2D eigenvalue weighted by atomic mass is 10.2. The van der Waals surface area contributed by atoms with Crippen LogP contribution in [0.2, 0.25) is 0 Å². The van der Waals surface area contributed by atoms with Crippen LogP contribution in [0.1, 0.15) is 78.6 Å². The van der Waals surface area contributed by atoms with Crippen molar-refractivity contribution in [3.05, 3.63) is 49.5 Å². The molecule has 4 heterocycles. The van der Waals surface area contributed by atoms with E-state index in [1.54, 1.807) is 36.4 Å². The van der Waals surface area contributed by atoms with Gasteiger partial charge in [-0.1, -0.05) is 0 Å². The van der Waals surface area contributed by atoms with Gasteiger partial charge in [-0.3, -0.25) is 14.4 Å². The summed E-state index contributed by atoms with van der Waals surface area (Å²) in [6.07, 6.45) is 2.64. The molecule has 10 nitrogen and oxygen atoms in total. The molecule has 0 saturated carbocycles. The first-order valence-electron chi connectivity index (χ1n) is 10.1. The molecule has 2 atom stereocenters. The van der Waals surface area contributed by atoms with Crippen LogP contribution in [0.5, 0.6) is 0 Å². The zero-order valence-electron chi connectivity index (χ0n) is 18.1. The third-order valence-electron chi connectivity index (χ3n) is 4.90. The molecule has 4 rings (SSSR count). The maximum atomic E-state index is 12.8. The van der Waals surface area contributed by atoms with Gasteiger partial charge in [0.05, 0.1) is 12.6 Å². The number of carbonyl (C=O) groups is 3. The number of thiazole rings is 2. The Morgan fingerprint density at radius 2 is 1.79 bits per heavy atom. The van der Waals surface area contributed by atoms with Gasteiger partial charge < -0.3 is 20.4 Å². The van der Waals surface area contributed by atoms with E-state index in [2.05, 4.69) is 30.9 Å². The van der Waals surface area contributed by atoms with Gasteiger partial charge in [0, 0.05) is 10.8 Å². The summed E-state index contributed by atoms with van der Waals surface area (Å²) in [6.45, 7) is 3.50. The summed E-state index contributed by atoms with van der Waals surface area (Å²) in [5.41, 5.74) is 0.639. The van der Waals surface area contributed by atoms with Gasteiger partial charge in [0.15, 0.2) is 5.69 Å². The van der Waals surface area contributed by atoms with Gasteiger partial charge in [0.2, 0.25) is 5.89 Å². The largest absolute Gasteiger partial charge is 0.443 e. The third-order valence-corrected chi connectivity index (χ3v) is 7.35. The average molecular weight is 507 g/mol. The molecule has 0 fully saturated rings. The van der Waals surface area contributed by atoms with Crippen molar-refractivity contribution in [1.82, 2.24) is 30.9 Å². The highest BCUT2D eigenvalue weighted by Gasteiger charge is 2.25. The molecular formula is C20H22N6O4S3. The Kier molecular flexibility index (Phi) is 7.10. The van der Waals surface area contributed by atoms with Crippen molar-refractivity contribution >= 4 is 52.2 Å². The number of amides is 3. The standard InChI is InChI=1S/C20H22N6O4S3/c1-9-19-26-15(10(2)30-19)18(29)21-6-14-23-12(7-32-14)17(28)24-11(4-5-31-3)20-25-13(8-33-20)16(27)22-9/h7-9,11H,4-6H2,1-3H3,(H,21,29)(H,22,27)(H,24,28)/t9-,11+/m1/s1. The zero-order valence-corrected chi connectivity index (χ0v) is 20.6. The topological polar surface area (TPSA) is 139 Å². The lowest BCUT2D eigenvalue weighted by Gasteiger charge is -2.15. The monoisotopic (exact) mass is 506 g/mol. The number of nitrogens with one attached hydrogen (secondary N) is 3. The second-order valence-electron chi connectivity index (χ2n) is 7.34. The average Bonchev–Trinajstić information content (AvgIpc) is 3.53. The number of rotatable bonds is 3. The summed E-state index contributed by atoms with van der Waals surface area (Å²) < 4.78 is 5.63. The van der Waals surface area contributed by atoms with Crippen molar-refractivity contribution in [1.29, 1.82) is 0 Å². The van der Waals surface area contributed by atoms with E-state index in [4.69, 9.17) is 4.42 Å². The van der Waals surface area contributed by atoms with E-state index < -0.39 is 17.9 Å². The summed E-state index contributed by atoms with van der Waals surface area (Å²) >= 11 is 4.26. The SMILES string of the molecule is CSCC[C@@H]1NC(=O)c2csc(n2)CNC(=O)c2nc(oc2C)[C@@H](C)NC(=O)c2csc1n2. The molecule has 3 aromatic rings. The summed E-state index contributed by atoms with van der Waals surface area (Å²) in [6, 6.07) is -0.926. The Bertz CT molecular complexity index is 1190. The molecule has 1 aliphatic rings. The van der Waals surface area contributed by atoms with Crippen LogP contribution in [-0.2, 0) is 6.54 Å². The van der Waals surface area contributed by atoms with Crippen molar-refractivity contribution in [2.45, 2.75) is 38.9 Å². The normalized spacial score (nSPS) is 19.3. The van der Waals surface area contributed by atoms with Gasteiger partial charge >= 0.3 is 0 Å². The summed E-state index contributed by atoms with van der Waals surface area (Å²) in [5.74, 6) is 0.223. The van der Waals surface area contributed by atoms with Gasteiger partial charge in [-0.15, -0.1) is 22.7 Å². The van der Waals surface area contributed by atoms with E-state index >= 15 is 0 Å². The van der Waals surface area contributed by atoms with Crippen molar-refractivity contribution in [2.75, 3.05) is 12.0 Å².